The fourth-order valence-electron chi connectivity index (χ4n) is 2.05. The number of nitrogens with zero attached hydrogens (tertiary/aromatic N) is 2. The Bertz CT molecular complexity index is 373. The van der Waals surface area contributed by atoms with Crippen LogP contribution >= 0.6 is 24.0 Å². The molecule has 1 amide bonds. The van der Waals surface area contributed by atoms with Crippen molar-refractivity contribution >= 4 is 36.0 Å². The van der Waals surface area contributed by atoms with Gasteiger partial charge in [0, 0.05) is 26.2 Å². The van der Waals surface area contributed by atoms with Crippen LogP contribution < -0.4 is 16.0 Å². The second kappa shape index (κ2) is 15.5. The lowest BCUT2D eigenvalue weighted by Gasteiger charge is -2.20. The summed E-state index contributed by atoms with van der Waals surface area (Å²) in [4.78, 5) is 18.5. The van der Waals surface area contributed by atoms with E-state index in [1.165, 1.54) is 0 Å². The zero-order valence-corrected chi connectivity index (χ0v) is 19.1. The van der Waals surface area contributed by atoms with Crippen LogP contribution in [0.1, 0.15) is 48.0 Å². The molecule has 0 rings (SSSR count). The summed E-state index contributed by atoms with van der Waals surface area (Å²) in [5.41, 5.74) is -0.475. The van der Waals surface area contributed by atoms with Crippen LogP contribution in [0, 0.1) is 0 Å². The third kappa shape index (κ3) is 16.4. The molecule has 0 saturated carbocycles. The number of halogens is 1. The molecule has 8 heteroatoms. The first-order valence-corrected chi connectivity index (χ1v) is 9.03. The molecule has 0 aromatic rings. The second-order valence-electron chi connectivity index (χ2n) is 6.55. The molecule has 0 aliphatic rings. The van der Waals surface area contributed by atoms with Crippen LogP contribution in [0.2, 0.25) is 0 Å². The SMILES string of the molecule is CCCN(CC)CCN=C(NCC)NCCNC(=O)OC(C)(C)C.I. The largest absolute Gasteiger partial charge is 0.444 e. The molecule has 0 aromatic heterocycles. The van der Waals surface area contributed by atoms with Crippen molar-refractivity contribution in [2.45, 2.75) is 53.6 Å². The summed E-state index contributed by atoms with van der Waals surface area (Å²) in [5.74, 6) is 0.774. The number of hydrogen-bond acceptors (Lipinski definition) is 4. The van der Waals surface area contributed by atoms with Gasteiger partial charge in [0.25, 0.3) is 0 Å². The molecule has 0 aliphatic heterocycles. The maximum Gasteiger partial charge on any atom is 0.407 e. The molecule has 0 aromatic carbocycles. The maximum atomic E-state index is 11.6. The third-order valence-electron chi connectivity index (χ3n) is 3.10. The normalized spacial score (nSPS) is 11.7. The van der Waals surface area contributed by atoms with Crippen molar-refractivity contribution in [3.8, 4) is 0 Å². The third-order valence-corrected chi connectivity index (χ3v) is 3.10. The summed E-state index contributed by atoms with van der Waals surface area (Å²) in [6.07, 6.45) is 0.760. The minimum atomic E-state index is -0.475. The Morgan fingerprint density at radius 3 is 2.20 bits per heavy atom. The van der Waals surface area contributed by atoms with Gasteiger partial charge >= 0.3 is 6.09 Å². The zero-order chi connectivity index (χ0) is 18.4. The monoisotopic (exact) mass is 471 g/mol. The van der Waals surface area contributed by atoms with Crippen LogP contribution in [0.4, 0.5) is 4.79 Å². The van der Waals surface area contributed by atoms with Gasteiger partial charge in [0.15, 0.2) is 5.96 Å². The number of nitrogens with one attached hydrogen (secondary N) is 3. The molecule has 0 aliphatic carbocycles. The fraction of sp³-hybridized carbons (Fsp3) is 0.882. The van der Waals surface area contributed by atoms with Gasteiger partial charge in [0.2, 0.25) is 0 Å². The summed E-state index contributed by atoms with van der Waals surface area (Å²) in [6, 6.07) is 0. The van der Waals surface area contributed by atoms with Crippen molar-refractivity contribution in [1.82, 2.24) is 20.9 Å². The molecule has 3 N–H and O–H groups in total. The van der Waals surface area contributed by atoms with E-state index < -0.39 is 11.7 Å². The Balaban J connectivity index is 0. The summed E-state index contributed by atoms with van der Waals surface area (Å²) >= 11 is 0. The molecule has 0 atom stereocenters. The van der Waals surface area contributed by atoms with E-state index in [4.69, 9.17) is 4.74 Å². The smallest absolute Gasteiger partial charge is 0.407 e. The number of likely N-dealkylation sites (N-methyl/N-ethyl adjacent to an activating group) is 1. The highest BCUT2D eigenvalue weighted by Crippen LogP contribution is 2.05. The standard InChI is InChI=1S/C17H37N5O2.HI/c1-7-13-22(9-3)14-12-20-15(18-8-2)19-10-11-21-16(23)24-17(4,5)6;/h7-14H2,1-6H3,(H,21,23)(H2,18,19,20);1H. The zero-order valence-electron chi connectivity index (χ0n) is 16.8. The average Bonchev–Trinajstić information content (AvgIpc) is 2.48. The lowest BCUT2D eigenvalue weighted by atomic mass is 10.2. The van der Waals surface area contributed by atoms with Crippen molar-refractivity contribution in [3.05, 3.63) is 0 Å². The van der Waals surface area contributed by atoms with Gasteiger partial charge in [-0.05, 0) is 47.2 Å². The van der Waals surface area contributed by atoms with Crippen LogP contribution in [0.5, 0.6) is 0 Å². The van der Waals surface area contributed by atoms with E-state index in [2.05, 4.69) is 39.7 Å². The van der Waals surface area contributed by atoms with Crippen LogP contribution in [0.15, 0.2) is 4.99 Å². The van der Waals surface area contributed by atoms with Gasteiger partial charge in [-0.25, -0.2) is 4.79 Å². The Labute approximate surface area is 170 Å². The minimum absolute atomic E-state index is 0. The molecule has 0 heterocycles. The first-order valence-electron chi connectivity index (χ1n) is 9.03. The molecule has 0 saturated heterocycles. The quantitative estimate of drug-likeness (QED) is 0.198. The topological polar surface area (TPSA) is 78.0 Å². The summed E-state index contributed by atoms with van der Waals surface area (Å²) < 4.78 is 5.19. The van der Waals surface area contributed by atoms with E-state index in [1.807, 2.05) is 27.7 Å². The number of ether oxygens (including phenoxy) is 1. The second-order valence-corrected chi connectivity index (χ2v) is 6.55. The fourth-order valence-corrected chi connectivity index (χ4v) is 2.05. The maximum absolute atomic E-state index is 11.6. The number of aliphatic imine (C=N–C) groups is 1. The molecule has 0 fully saturated rings. The molecular formula is C17H38IN5O2. The Morgan fingerprint density at radius 2 is 1.68 bits per heavy atom. The van der Waals surface area contributed by atoms with Crippen LogP contribution in [-0.2, 0) is 4.74 Å². The molecule has 7 nitrogen and oxygen atoms in total. The minimum Gasteiger partial charge on any atom is -0.444 e. The Kier molecular flexibility index (Phi) is 16.4. The van der Waals surface area contributed by atoms with Crippen LogP contribution in [0.25, 0.3) is 0 Å². The first-order chi connectivity index (χ1) is 11.3. The van der Waals surface area contributed by atoms with Crippen molar-refractivity contribution in [2.75, 3.05) is 45.8 Å². The molecular weight excluding hydrogens is 433 g/mol. The molecule has 0 radical (unpaired) electrons. The first kappa shape index (κ1) is 26.5. The van der Waals surface area contributed by atoms with Gasteiger partial charge in [-0.1, -0.05) is 13.8 Å². The van der Waals surface area contributed by atoms with Crippen molar-refractivity contribution in [2.24, 2.45) is 4.99 Å². The highest BCUT2D eigenvalue weighted by Gasteiger charge is 2.15. The van der Waals surface area contributed by atoms with Crippen LogP contribution in [0.3, 0.4) is 0 Å². The van der Waals surface area contributed by atoms with E-state index in [0.29, 0.717) is 13.1 Å². The van der Waals surface area contributed by atoms with Crippen molar-refractivity contribution < 1.29 is 9.53 Å². The Morgan fingerprint density at radius 1 is 1.04 bits per heavy atom. The highest BCUT2D eigenvalue weighted by molar-refractivity contribution is 14.0. The Hall–Kier alpha value is -0.770. The van der Waals surface area contributed by atoms with E-state index in [9.17, 15) is 4.79 Å². The number of rotatable bonds is 10. The summed E-state index contributed by atoms with van der Waals surface area (Å²) in [6.45, 7) is 17.7. The molecule has 150 valence electrons. The van der Waals surface area contributed by atoms with Gasteiger partial charge in [0.05, 0.1) is 6.54 Å². The van der Waals surface area contributed by atoms with Crippen molar-refractivity contribution in [3.63, 3.8) is 0 Å². The van der Waals surface area contributed by atoms with Crippen molar-refractivity contribution in [1.29, 1.82) is 0 Å². The lowest BCUT2D eigenvalue weighted by Crippen LogP contribution is -2.42. The van der Waals surface area contributed by atoms with Gasteiger partial charge in [-0.2, -0.15) is 0 Å². The number of hydrogen-bond donors (Lipinski definition) is 3. The number of carbonyl (C=O) groups is 1. The van der Waals surface area contributed by atoms with Gasteiger partial charge in [0.1, 0.15) is 5.60 Å². The van der Waals surface area contributed by atoms with E-state index in [-0.39, 0.29) is 24.0 Å². The highest BCUT2D eigenvalue weighted by atomic mass is 127. The number of alkyl carbamates (subject to hydrolysis) is 1. The van der Waals surface area contributed by atoms with Gasteiger partial charge in [-0.3, -0.25) is 4.99 Å². The molecule has 0 bridgehead atoms. The molecule has 0 spiro atoms. The summed E-state index contributed by atoms with van der Waals surface area (Å²) in [7, 11) is 0. The number of amides is 1. The van der Waals surface area contributed by atoms with Crippen LogP contribution in [-0.4, -0.2) is 68.4 Å². The van der Waals surface area contributed by atoms with E-state index in [0.717, 1.165) is 45.1 Å². The lowest BCUT2D eigenvalue weighted by molar-refractivity contribution is 0.0529. The van der Waals surface area contributed by atoms with Gasteiger partial charge in [-0.15, -0.1) is 24.0 Å². The predicted molar refractivity (Wildman–Crippen MR) is 116 cm³/mol. The number of guanidine groups is 1. The predicted octanol–water partition coefficient (Wildman–Crippen LogP) is 2.42. The van der Waals surface area contributed by atoms with E-state index >= 15 is 0 Å². The number of carbonyl (C=O) groups excluding carboxylic acids is 1. The van der Waals surface area contributed by atoms with E-state index in [1.54, 1.807) is 0 Å². The summed E-state index contributed by atoms with van der Waals surface area (Å²) in [5, 5.41) is 9.14. The van der Waals surface area contributed by atoms with Gasteiger partial charge < -0.3 is 25.6 Å². The average molecular weight is 471 g/mol. The molecule has 25 heavy (non-hydrogen) atoms. The molecule has 0 unspecified atom stereocenters.